The Labute approximate surface area is 127 Å². The molecule has 0 bridgehead atoms. The lowest BCUT2D eigenvalue weighted by Gasteiger charge is -2.07. The Balaban J connectivity index is 1.62. The third-order valence-electron chi connectivity index (χ3n) is 3.24. The minimum atomic E-state index is -0.0481. The van der Waals surface area contributed by atoms with Gasteiger partial charge in [-0.15, -0.1) is 0 Å². The first-order chi connectivity index (χ1) is 10.2. The molecule has 0 spiro atoms. The van der Waals surface area contributed by atoms with Crippen molar-refractivity contribution in [1.82, 2.24) is 14.9 Å². The fourth-order valence-corrected chi connectivity index (χ4v) is 2.28. The van der Waals surface area contributed by atoms with E-state index in [1.807, 2.05) is 53.1 Å². The number of para-hydroxylation sites is 2. The van der Waals surface area contributed by atoms with Gasteiger partial charge in [-0.25, -0.2) is 4.98 Å². The van der Waals surface area contributed by atoms with Crippen molar-refractivity contribution in [3.05, 3.63) is 65.4 Å². The third-order valence-corrected chi connectivity index (χ3v) is 3.50. The van der Waals surface area contributed by atoms with E-state index in [1.54, 1.807) is 6.33 Å². The van der Waals surface area contributed by atoms with Crippen molar-refractivity contribution in [3.8, 4) is 0 Å². The first kappa shape index (κ1) is 13.6. The summed E-state index contributed by atoms with van der Waals surface area (Å²) in [5.41, 5.74) is 2.87. The number of imidazole rings is 1. The SMILES string of the molecule is O=C(Cn1cnc2ccccc21)NCc1ccc(Cl)cc1. The Morgan fingerprint density at radius 1 is 1.14 bits per heavy atom. The quantitative estimate of drug-likeness (QED) is 0.805. The minimum Gasteiger partial charge on any atom is -0.350 e. The van der Waals surface area contributed by atoms with Gasteiger partial charge in [0.05, 0.1) is 17.4 Å². The maximum atomic E-state index is 12.0. The van der Waals surface area contributed by atoms with Crippen molar-refractivity contribution in [2.75, 3.05) is 0 Å². The van der Waals surface area contributed by atoms with Gasteiger partial charge in [0, 0.05) is 11.6 Å². The number of fused-ring (bicyclic) bond motifs is 1. The van der Waals surface area contributed by atoms with Gasteiger partial charge < -0.3 is 9.88 Å². The molecular formula is C16H14ClN3O. The molecule has 4 nitrogen and oxygen atoms in total. The van der Waals surface area contributed by atoms with Crippen LogP contribution in [0.3, 0.4) is 0 Å². The highest BCUT2D eigenvalue weighted by molar-refractivity contribution is 6.30. The summed E-state index contributed by atoms with van der Waals surface area (Å²) in [4.78, 5) is 16.3. The molecule has 1 aromatic heterocycles. The molecule has 0 atom stereocenters. The molecule has 0 unspecified atom stereocenters. The summed E-state index contributed by atoms with van der Waals surface area (Å²) in [5, 5.41) is 3.58. The van der Waals surface area contributed by atoms with E-state index in [-0.39, 0.29) is 12.5 Å². The van der Waals surface area contributed by atoms with E-state index in [0.717, 1.165) is 16.6 Å². The van der Waals surface area contributed by atoms with Gasteiger partial charge in [-0.05, 0) is 29.8 Å². The number of aromatic nitrogens is 2. The zero-order chi connectivity index (χ0) is 14.7. The van der Waals surface area contributed by atoms with E-state index in [2.05, 4.69) is 10.3 Å². The van der Waals surface area contributed by atoms with Crippen molar-refractivity contribution >= 4 is 28.5 Å². The molecule has 1 heterocycles. The molecular weight excluding hydrogens is 286 g/mol. The van der Waals surface area contributed by atoms with Crippen molar-refractivity contribution < 1.29 is 4.79 Å². The van der Waals surface area contributed by atoms with E-state index in [1.165, 1.54) is 0 Å². The van der Waals surface area contributed by atoms with E-state index in [0.29, 0.717) is 11.6 Å². The van der Waals surface area contributed by atoms with E-state index >= 15 is 0 Å². The molecule has 0 aliphatic heterocycles. The van der Waals surface area contributed by atoms with Gasteiger partial charge in [-0.1, -0.05) is 35.9 Å². The highest BCUT2D eigenvalue weighted by atomic mass is 35.5. The molecule has 2 aromatic carbocycles. The van der Waals surface area contributed by atoms with Gasteiger partial charge in [0.1, 0.15) is 6.54 Å². The molecule has 1 N–H and O–H groups in total. The highest BCUT2D eigenvalue weighted by Crippen LogP contribution is 2.12. The maximum absolute atomic E-state index is 12.0. The molecule has 5 heteroatoms. The van der Waals surface area contributed by atoms with Crippen LogP contribution in [0.15, 0.2) is 54.9 Å². The molecule has 3 rings (SSSR count). The topological polar surface area (TPSA) is 46.9 Å². The molecule has 0 aliphatic carbocycles. The van der Waals surface area contributed by atoms with Crippen molar-refractivity contribution in [1.29, 1.82) is 0 Å². The largest absolute Gasteiger partial charge is 0.350 e. The van der Waals surface area contributed by atoms with Crippen LogP contribution < -0.4 is 5.32 Å². The number of nitrogens with one attached hydrogen (secondary N) is 1. The van der Waals surface area contributed by atoms with Crippen LogP contribution in [-0.4, -0.2) is 15.5 Å². The molecule has 1 amide bonds. The lowest BCUT2D eigenvalue weighted by atomic mass is 10.2. The number of rotatable bonds is 4. The summed E-state index contributed by atoms with van der Waals surface area (Å²) in [7, 11) is 0. The second-order valence-electron chi connectivity index (χ2n) is 4.76. The van der Waals surface area contributed by atoms with Crippen LogP contribution >= 0.6 is 11.6 Å². The lowest BCUT2D eigenvalue weighted by Crippen LogP contribution is -2.26. The predicted octanol–water partition coefficient (Wildman–Crippen LogP) is 3.01. The van der Waals surface area contributed by atoms with Gasteiger partial charge in [0.25, 0.3) is 0 Å². The molecule has 21 heavy (non-hydrogen) atoms. The Kier molecular flexibility index (Phi) is 3.88. The fraction of sp³-hybridized carbons (Fsp3) is 0.125. The Bertz CT molecular complexity index is 765. The van der Waals surface area contributed by atoms with Crippen LogP contribution in [0.25, 0.3) is 11.0 Å². The first-order valence-electron chi connectivity index (χ1n) is 6.63. The smallest absolute Gasteiger partial charge is 0.240 e. The number of hydrogen-bond acceptors (Lipinski definition) is 2. The molecule has 0 saturated carbocycles. The average Bonchev–Trinajstić information content (AvgIpc) is 2.90. The van der Waals surface area contributed by atoms with E-state index in [9.17, 15) is 4.79 Å². The summed E-state index contributed by atoms with van der Waals surface area (Å²) < 4.78 is 1.84. The van der Waals surface area contributed by atoms with Gasteiger partial charge in [-0.3, -0.25) is 4.79 Å². The Hall–Kier alpha value is -2.33. The third kappa shape index (κ3) is 3.23. The van der Waals surface area contributed by atoms with Gasteiger partial charge >= 0.3 is 0 Å². The van der Waals surface area contributed by atoms with Gasteiger partial charge in [0.2, 0.25) is 5.91 Å². The molecule has 0 saturated heterocycles. The lowest BCUT2D eigenvalue weighted by molar-refractivity contribution is -0.121. The molecule has 0 radical (unpaired) electrons. The van der Waals surface area contributed by atoms with Crippen molar-refractivity contribution in [3.63, 3.8) is 0 Å². The summed E-state index contributed by atoms with van der Waals surface area (Å²) in [5.74, 6) is -0.0481. The van der Waals surface area contributed by atoms with Crippen molar-refractivity contribution in [2.45, 2.75) is 13.1 Å². The van der Waals surface area contributed by atoms with Crippen LogP contribution in [0.5, 0.6) is 0 Å². The summed E-state index contributed by atoms with van der Waals surface area (Å²) in [6, 6.07) is 15.2. The number of benzene rings is 2. The normalized spacial score (nSPS) is 10.7. The van der Waals surface area contributed by atoms with Crippen LogP contribution in [-0.2, 0) is 17.9 Å². The number of hydrogen-bond donors (Lipinski definition) is 1. The minimum absolute atomic E-state index is 0.0481. The predicted molar refractivity (Wildman–Crippen MR) is 83.0 cm³/mol. The van der Waals surface area contributed by atoms with Crippen LogP contribution in [0.4, 0.5) is 0 Å². The fourth-order valence-electron chi connectivity index (χ4n) is 2.15. The highest BCUT2D eigenvalue weighted by Gasteiger charge is 2.06. The summed E-state index contributed by atoms with van der Waals surface area (Å²) in [6.07, 6.45) is 1.69. The van der Waals surface area contributed by atoms with Gasteiger partial charge in [0.15, 0.2) is 0 Å². The molecule has 0 aliphatic rings. The van der Waals surface area contributed by atoms with Crippen LogP contribution in [0, 0.1) is 0 Å². The first-order valence-corrected chi connectivity index (χ1v) is 7.01. The molecule has 0 fully saturated rings. The van der Waals surface area contributed by atoms with Crippen molar-refractivity contribution in [2.24, 2.45) is 0 Å². The van der Waals surface area contributed by atoms with Crippen LogP contribution in [0.2, 0.25) is 5.02 Å². The zero-order valence-corrected chi connectivity index (χ0v) is 12.0. The molecule has 3 aromatic rings. The summed E-state index contributed by atoms with van der Waals surface area (Å²) in [6.45, 7) is 0.747. The Morgan fingerprint density at radius 2 is 1.90 bits per heavy atom. The monoisotopic (exact) mass is 299 g/mol. The van der Waals surface area contributed by atoms with Gasteiger partial charge in [-0.2, -0.15) is 0 Å². The second kappa shape index (κ2) is 5.97. The number of carbonyl (C=O) groups is 1. The standard InChI is InChI=1S/C16H14ClN3O/c17-13-7-5-12(6-8-13)9-18-16(21)10-20-11-19-14-3-1-2-4-15(14)20/h1-8,11H,9-10H2,(H,18,21). The summed E-state index contributed by atoms with van der Waals surface area (Å²) >= 11 is 5.83. The average molecular weight is 300 g/mol. The maximum Gasteiger partial charge on any atom is 0.240 e. The zero-order valence-electron chi connectivity index (χ0n) is 11.3. The number of nitrogens with zero attached hydrogens (tertiary/aromatic N) is 2. The number of halogens is 1. The van der Waals surface area contributed by atoms with Crippen LogP contribution in [0.1, 0.15) is 5.56 Å². The van der Waals surface area contributed by atoms with E-state index < -0.39 is 0 Å². The second-order valence-corrected chi connectivity index (χ2v) is 5.20. The van der Waals surface area contributed by atoms with E-state index in [4.69, 9.17) is 11.6 Å². The Morgan fingerprint density at radius 3 is 2.71 bits per heavy atom. The number of amides is 1. The molecule has 106 valence electrons. The number of carbonyl (C=O) groups excluding carboxylic acids is 1.